The summed E-state index contributed by atoms with van der Waals surface area (Å²) < 4.78 is 0. The zero-order chi connectivity index (χ0) is 14.4. The van der Waals surface area contributed by atoms with Gasteiger partial charge in [-0.2, -0.15) is 0 Å². The lowest BCUT2D eigenvalue weighted by molar-refractivity contribution is 0.000612. The average molecular weight is 275 g/mol. The maximum Gasteiger partial charge on any atom is 0.0544 e. The Morgan fingerprint density at radius 3 is 2.80 bits per heavy atom. The molecule has 0 aromatic carbocycles. The summed E-state index contributed by atoms with van der Waals surface area (Å²) in [4.78, 5) is 7.08. The van der Waals surface area contributed by atoms with E-state index in [1.807, 2.05) is 12.3 Å². The van der Waals surface area contributed by atoms with Gasteiger partial charge in [0, 0.05) is 24.8 Å². The van der Waals surface area contributed by atoms with Gasteiger partial charge in [0.25, 0.3) is 0 Å². The molecule has 0 bridgehead atoms. The van der Waals surface area contributed by atoms with Crippen LogP contribution in [-0.2, 0) is 6.54 Å². The van der Waals surface area contributed by atoms with E-state index in [1.165, 1.54) is 32.1 Å². The van der Waals surface area contributed by atoms with Crippen molar-refractivity contribution in [2.45, 2.75) is 58.0 Å². The number of pyridine rings is 1. The number of likely N-dealkylation sites (N-methyl/N-ethyl adjacent to an activating group) is 1. The molecule has 1 fully saturated rings. The van der Waals surface area contributed by atoms with E-state index in [2.05, 4.69) is 35.9 Å². The molecule has 1 aromatic heterocycles. The lowest BCUT2D eigenvalue weighted by Crippen LogP contribution is -2.59. The predicted molar refractivity (Wildman–Crippen MR) is 84.4 cm³/mol. The molecule has 112 valence electrons. The van der Waals surface area contributed by atoms with Crippen LogP contribution < -0.4 is 5.73 Å². The van der Waals surface area contributed by atoms with Crippen molar-refractivity contribution in [3.63, 3.8) is 0 Å². The van der Waals surface area contributed by atoms with Gasteiger partial charge in [0.2, 0.25) is 0 Å². The fraction of sp³-hybridized carbons (Fsp3) is 0.706. The minimum absolute atomic E-state index is 0.180. The van der Waals surface area contributed by atoms with E-state index in [-0.39, 0.29) is 5.54 Å². The monoisotopic (exact) mass is 275 g/mol. The van der Waals surface area contributed by atoms with Crippen LogP contribution in [0.25, 0.3) is 0 Å². The first-order valence-corrected chi connectivity index (χ1v) is 8.11. The number of hydrogen-bond acceptors (Lipinski definition) is 3. The molecule has 1 aliphatic carbocycles. The molecule has 0 amide bonds. The summed E-state index contributed by atoms with van der Waals surface area (Å²) >= 11 is 0. The van der Waals surface area contributed by atoms with E-state index >= 15 is 0 Å². The zero-order valence-electron chi connectivity index (χ0n) is 13.0. The number of nitrogens with two attached hydrogens (primary N) is 1. The van der Waals surface area contributed by atoms with Crippen LogP contribution in [0.5, 0.6) is 0 Å². The summed E-state index contributed by atoms with van der Waals surface area (Å²) in [5, 5.41) is 0. The standard InChI is InChI=1S/C17H29N3/c1-3-15-9-5-7-11-17(15,14-18)20(4-2)13-16-10-6-8-12-19-16/h6,8,10,12,15H,3-5,7,9,11,13-14,18H2,1-2H3. The van der Waals surface area contributed by atoms with Crippen LogP contribution in [-0.4, -0.2) is 28.5 Å². The van der Waals surface area contributed by atoms with Gasteiger partial charge in [-0.1, -0.05) is 39.2 Å². The molecule has 3 nitrogen and oxygen atoms in total. The Morgan fingerprint density at radius 1 is 1.35 bits per heavy atom. The molecule has 1 aliphatic rings. The van der Waals surface area contributed by atoms with E-state index in [9.17, 15) is 0 Å². The molecule has 2 atom stereocenters. The maximum absolute atomic E-state index is 6.27. The molecule has 1 heterocycles. The fourth-order valence-electron chi connectivity index (χ4n) is 3.96. The highest BCUT2D eigenvalue weighted by atomic mass is 15.2. The summed E-state index contributed by atoms with van der Waals surface area (Å²) in [7, 11) is 0. The van der Waals surface area contributed by atoms with E-state index in [0.29, 0.717) is 0 Å². The molecule has 2 unspecified atom stereocenters. The van der Waals surface area contributed by atoms with Gasteiger partial charge in [0.1, 0.15) is 0 Å². The quantitative estimate of drug-likeness (QED) is 0.867. The third-order valence-corrected chi connectivity index (χ3v) is 5.11. The molecule has 0 radical (unpaired) electrons. The highest BCUT2D eigenvalue weighted by Crippen LogP contribution is 2.40. The van der Waals surface area contributed by atoms with Crippen LogP contribution in [0.4, 0.5) is 0 Å². The van der Waals surface area contributed by atoms with Gasteiger partial charge >= 0.3 is 0 Å². The van der Waals surface area contributed by atoms with E-state index in [4.69, 9.17) is 5.73 Å². The summed E-state index contributed by atoms with van der Waals surface area (Å²) in [5.74, 6) is 0.727. The molecule has 1 aromatic rings. The molecule has 1 saturated carbocycles. The Balaban J connectivity index is 2.21. The smallest absolute Gasteiger partial charge is 0.0544 e. The summed E-state index contributed by atoms with van der Waals surface area (Å²) in [6, 6.07) is 6.17. The first-order valence-electron chi connectivity index (χ1n) is 8.11. The topological polar surface area (TPSA) is 42.1 Å². The summed E-state index contributed by atoms with van der Waals surface area (Å²) in [5.41, 5.74) is 7.61. The van der Waals surface area contributed by atoms with Crippen molar-refractivity contribution in [2.75, 3.05) is 13.1 Å². The molecule has 0 aliphatic heterocycles. The largest absolute Gasteiger partial charge is 0.329 e. The van der Waals surface area contributed by atoms with Crippen LogP contribution in [0, 0.1) is 5.92 Å². The van der Waals surface area contributed by atoms with Gasteiger partial charge in [0.05, 0.1) is 5.69 Å². The molecular formula is C17H29N3. The number of aromatic nitrogens is 1. The van der Waals surface area contributed by atoms with Gasteiger partial charge in [-0.15, -0.1) is 0 Å². The molecule has 0 spiro atoms. The SMILES string of the molecule is CCC1CCCCC1(CN)N(CC)Cc1ccccn1. The van der Waals surface area contributed by atoms with Crippen LogP contribution in [0.15, 0.2) is 24.4 Å². The molecule has 0 saturated heterocycles. The van der Waals surface area contributed by atoms with Crippen molar-refractivity contribution in [3.8, 4) is 0 Å². The van der Waals surface area contributed by atoms with Crippen LogP contribution in [0.3, 0.4) is 0 Å². The van der Waals surface area contributed by atoms with Gasteiger partial charge in [-0.05, 0) is 37.4 Å². The van der Waals surface area contributed by atoms with Crippen molar-refractivity contribution < 1.29 is 0 Å². The second-order valence-corrected chi connectivity index (χ2v) is 5.99. The maximum atomic E-state index is 6.27. The molecular weight excluding hydrogens is 246 g/mol. The lowest BCUT2D eigenvalue weighted by atomic mass is 9.70. The van der Waals surface area contributed by atoms with Crippen molar-refractivity contribution in [2.24, 2.45) is 11.7 Å². The van der Waals surface area contributed by atoms with Crippen LogP contribution in [0.2, 0.25) is 0 Å². The Hall–Kier alpha value is -0.930. The highest BCUT2D eigenvalue weighted by Gasteiger charge is 2.42. The number of hydrogen-bond donors (Lipinski definition) is 1. The molecule has 3 heteroatoms. The Morgan fingerprint density at radius 2 is 2.20 bits per heavy atom. The van der Waals surface area contributed by atoms with Gasteiger partial charge < -0.3 is 5.73 Å². The Kier molecular flexibility index (Phi) is 5.55. The molecule has 2 N–H and O–H groups in total. The van der Waals surface area contributed by atoms with Crippen molar-refractivity contribution in [3.05, 3.63) is 30.1 Å². The van der Waals surface area contributed by atoms with Crippen molar-refractivity contribution in [1.82, 2.24) is 9.88 Å². The van der Waals surface area contributed by atoms with E-state index in [1.54, 1.807) is 0 Å². The minimum atomic E-state index is 0.180. The van der Waals surface area contributed by atoms with E-state index in [0.717, 1.165) is 31.2 Å². The first kappa shape index (κ1) is 15.5. The van der Waals surface area contributed by atoms with Crippen molar-refractivity contribution >= 4 is 0 Å². The second kappa shape index (κ2) is 7.19. The van der Waals surface area contributed by atoms with Gasteiger partial charge in [-0.3, -0.25) is 9.88 Å². The average Bonchev–Trinajstić information content (AvgIpc) is 2.53. The second-order valence-electron chi connectivity index (χ2n) is 5.99. The third-order valence-electron chi connectivity index (χ3n) is 5.11. The van der Waals surface area contributed by atoms with Gasteiger partial charge in [0.15, 0.2) is 0 Å². The fourth-order valence-corrected chi connectivity index (χ4v) is 3.96. The first-order chi connectivity index (χ1) is 9.76. The minimum Gasteiger partial charge on any atom is -0.329 e. The van der Waals surface area contributed by atoms with Crippen molar-refractivity contribution in [1.29, 1.82) is 0 Å². The number of nitrogens with zero attached hydrogens (tertiary/aromatic N) is 2. The molecule has 20 heavy (non-hydrogen) atoms. The van der Waals surface area contributed by atoms with Crippen LogP contribution >= 0.6 is 0 Å². The van der Waals surface area contributed by atoms with Gasteiger partial charge in [-0.25, -0.2) is 0 Å². The van der Waals surface area contributed by atoms with E-state index < -0.39 is 0 Å². The lowest BCUT2D eigenvalue weighted by Gasteiger charge is -2.51. The number of rotatable bonds is 6. The van der Waals surface area contributed by atoms with Crippen LogP contribution in [0.1, 0.15) is 51.6 Å². The summed E-state index contributed by atoms with van der Waals surface area (Å²) in [6.45, 7) is 7.30. The Bertz CT molecular complexity index is 392. The summed E-state index contributed by atoms with van der Waals surface area (Å²) in [6.07, 6.45) is 8.36. The predicted octanol–water partition coefficient (Wildman–Crippen LogP) is 3.20. The third kappa shape index (κ3) is 3.04. The normalized spacial score (nSPS) is 26.9. The highest BCUT2D eigenvalue weighted by molar-refractivity contribution is 5.06. The Labute approximate surface area is 123 Å². The molecule has 2 rings (SSSR count). The zero-order valence-corrected chi connectivity index (χ0v) is 13.0.